The van der Waals surface area contributed by atoms with Crippen LogP contribution in [0.2, 0.25) is 5.02 Å². The number of hydrogen-bond acceptors (Lipinski definition) is 2. The third kappa shape index (κ3) is 2.43. The highest BCUT2D eigenvalue weighted by Crippen LogP contribution is 2.33. The van der Waals surface area contributed by atoms with E-state index in [0.717, 1.165) is 24.3 Å². The van der Waals surface area contributed by atoms with E-state index in [4.69, 9.17) is 11.6 Å². The summed E-state index contributed by atoms with van der Waals surface area (Å²) in [5.41, 5.74) is 0.211. The standard InChI is InChI=1S/C11H12ClF2NS/c1-6-10(2-3-16-6)15-11-8(12)4-7(13)5-9(11)14/h4-6,10,15H,2-3H2,1H3. The van der Waals surface area contributed by atoms with Crippen LogP contribution in [-0.4, -0.2) is 17.0 Å². The summed E-state index contributed by atoms with van der Waals surface area (Å²) in [5.74, 6) is -0.227. The number of halogens is 3. The van der Waals surface area contributed by atoms with Crippen LogP contribution in [0, 0.1) is 11.6 Å². The zero-order chi connectivity index (χ0) is 11.7. The lowest BCUT2D eigenvalue weighted by Crippen LogP contribution is -2.25. The average Bonchev–Trinajstić information content (AvgIpc) is 2.57. The van der Waals surface area contributed by atoms with Crippen molar-refractivity contribution in [2.75, 3.05) is 11.1 Å². The molecule has 0 amide bonds. The van der Waals surface area contributed by atoms with Crippen molar-refractivity contribution in [2.45, 2.75) is 24.6 Å². The van der Waals surface area contributed by atoms with Gasteiger partial charge in [-0.2, -0.15) is 11.8 Å². The highest BCUT2D eigenvalue weighted by atomic mass is 35.5. The van der Waals surface area contributed by atoms with Crippen LogP contribution in [0.5, 0.6) is 0 Å². The molecule has 0 bridgehead atoms. The Morgan fingerprint density at radius 1 is 1.44 bits per heavy atom. The van der Waals surface area contributed by atoms with E-state index in [2.05, 4.69) is 12.2 Å². The average molecular weight is 264 g/mol. The molecule has 1 aliphatic heterocycles. The Morgan fingerprint density at radius 3 is 2.75 bits per heavy atom. The number of benzene rings is 1. The van der Waals surface area contributed by atoms with Crippen LogP contribution in [0.4, 0.5) is 14.5 Å². The lowest BCUT2D eigenvalue weighted by molar-refractivity contribution is 0.582. The fourth-order valence-corrected chi connectivity index (χ4v) is 3.23. The summed E-state index contributed by atoms with van der Waals surface area (Å²) in [5, 5.41) is 3.58. The molecule has 1 N–H and O–H groups in total. The van der Waals surface area contributed by atoms with E-state index in [1.165, 1.54) is 0 Å². The minimum atomic E-state index is -0.651. The summed E-state index contributed by atoms with van der Waals surface area (Å²) in [6.45, 7) is 2.09. The molecule has 0 aromatic heterocycles. The van der Waals surface area contributed by atoms with Crippen molar-refractivity contribution in [3.05, 3.63) is 28.8 Å². The van der Waals surface area contributed by atoms with E-state index >= 15 is 0 Å². The van der Waals surface area contributed by atoms with Crippen molar-refractivity contribution in [1.29, 1.82) is 0 Å². The summed E-state index contributed by atoms with van der Waals surface area (Å²) in [6, 6.07) is 2.17. The smallest absolute Gasteiger partial charge is 0.150 e. The Hall–Kier alpha value is -0.480. The first kappa shape index (κ1) is 12.0. The summed E-state index contributed by atoms with van der Waals surface area (Å²) < 4.78 is 26.3. The van der Waals surface area contributed by atoms with Crippen LogP contribution in [0.1, 0.15) is 13.3 Å². The van der Waals surface area contributed by atoms with Gasteiger partial charge in [-0.3, -0.25) is 0 Å². The van der Waals surface area contributed by atoms with E-state index in [-0.39, 0.29) is 16.8 Å². The molecule has 2 rings (SSSR count). The molecule has 0 saturated carbocycles. The number of hydrogen-bond donors (Lipinski definition) is 1. The van der Waals surface area contributed by atoms with Crippen molar-refractivity contribution in [1.82, 2.24) is 0 Å². The van der Waals surface area contributed by atoms with Crippen LogP contribution in [0.3, 0.4) is 0 Å². The molecule has 1 aromatic rings. The van der Waals surface area contributed by atoms with Gasteiger partial charge < -0.3 is 5.32 Å². The Kier molecular flexibility index (Phi) is 3.60. The molecule has 88 valence electrons. The van der Waals surface area contributed by atoms with Gasteiger partial charge in [0, 0.05) is 17.4 Å². The number of anilines is 1. The van der Waals surface area contributed by atoms with E-state index in [1.807, 2.05) is 11.8 Å². The highest BCUT2D eigenvalue weighted by Gasteiger charge is 2.25. The van der Waals surface area contributed by atoms with Crippen molar-refractivity contribution in [3.63, 3.8) is 0 Å². The van der Waals surface area contributed by atoms with E-state index in [0.29, 0.717) is 5.25 Å². The first-order valence-corrected chi connectivity index (χ1v) is 6.53. The van der Waals surface area contributed by atoms with Gasteiger partial charge in [-0.15, -0.1) is 0 Å². The van der Waals surface area contributed by atoms with Gasteiger partial charge in [0.15, 0.2) is 5.82 Å². The normalized spacial score (nSPS) is 24.8. The minimum Gasteiger partial charge on any atom is -0.378 e. The third-order valence-corrected chi connectivity index (χ3v) is 4.34. The quantitative estimate of drug-likeness (QED) is 0.868. The molecular formula is C11H12ClF2NS. The fraction of sp³-hybridized carbons (Fsp3) is 0.455. The van der Waals surface area contributed by atoms with Crippen molar-refractivity contribution in [3.8, 4) is 0 Å². The van der Waals surface area contributed by atoms with Crippen molar-refractivity contribution in [2.24, 2.45) is 0 Å². The number of nitrogens with one attached hydrogen (secondary N) is 1. The summed E-state index contributed by atoms with van der Waals surface area (Å²) in [7, 11) is 0. The maximum Gasteiger partial charge on any atom is 0.150 e. The predicted molar refractivity (Wildman–Crippen MR) is 65.3 cm³/mol. The fourth-order valence-electron chi connectivity index (χ4n) is 1.79. The molecule has 2 unspecified atom stereocenters. The van der Waals surface area contributed by atoms with Crippen LogP contribution < -0.4 is 5.32 Å². The molecule has 16 heavy (non-hydrogen) atoms. The molecule has 0 radical (unpaired) electrons. The van der Waals surface area contributed by atoms with Crippen LogP contribution in [0.15, 0.2) is 12.1 Å². The largest absolute Gasteiger partial charge is 0.378 e. The molecule has 1 heterocycles. The predicted octanol–water partition coefficient (Wildman–Crippen LogP) is 3.92. The zero-order valence-electron chi connectivity index (χ0n) is 8.77. The van der Waals surface area contributed by atoms with Crippen LogP contribution >= 0.6 is 23.4 Å². The van der Waals surface area contributed by atoms with Gasteiger partial charge in [0.25, 0.3) is 0 Å². The van der Waals surface area contributed by atoms with Crippen LogP contribution in [-0.2, 0) is 0 Å². The number of rotatable bonds is 2. The molecule has 0 spiro atoms. The Balaban J connectivity index is 2.21. The SMILES string of the molecule is CC1SCCC1Nc1c(F)cc(F)cc1Cl. The Bertz CT molecular complexity index is 377. The maximum atomic E-state index is 13.5. The van der Waals surface area contributed by atoms with Gasteiger partial charge >= 0.3 is 0 Å². The third-order valence-electron chi connectivity index (χ3n) is 2.71. The highest BCUT2D eigenvalue weighted by molar-refractivity contribution is 8.00. The van der Waals surface area contributed by atoms with Gasteiger partial charge in [-0.25, -0.2) is 8.78 Å². The summed E-state index contributed by atoms with van der Waals surface area (Å²) in [6.07, 6.45) is 0.971. The molecule has 1 saturated heterocycles. The first-order chi connectivity index (χ1) is 7.58. The van der Waals surface area contributed by atoms with Crippen molar-refractivity contribution >= 4 is 29.1 Å². The van der Waals surface area contributed by atoms with Gasteiger partial charge in [0.2, 0.25) is 0 Å². The molecule has 1 aliphatic rings. The van der Waals surface area contributed by atoms with Crippen LogP contribution in [0.25, 0.3) is 0 Å². The second-order valence-corrected chi connectivity index (χ2v) is 5.75. The zero-order valence-corrected chi connectivity index (χ0v) is 10.3. The Morgan fingerprint density at radius 2 is 2.19 bits per heavy atom. The molecule has 1 fully saturated rings. The number of thioether (sulfide) groups is 1. The lowest BCUT2D eigenvalue weighted by Gasteiger charge is -2.19. The molecule has 5 heteroatoms. The molecule has 1 aromatic carbocycles. The van der Waals surface area contributed by atoms with Gasteiger partial charge in [0.1, 0.15) is 5.82 Å². The molecular weight excluding hydrogens is 252 g/mol. The first-order valence-electron chi connectivity index (χ1n) is 5.10. The maximum absolute atomic E-state index is 13.5. The monoisotopic (exact) mass is 263 g/mol. The van der Waals surface area contributed by atoms with Gasteiger partial charge in [-0.1, -0.05) is 18.5 Å². The molecule has 2 atom stereocenters. The van der Waals surface area contributed by atoms with Gasteiger partial charge in [-0.05, 0) is 18.2 Å². The summed E-state index contributed by atoms with van der Waals surface area (Å²) in [4.78, 5) is 0. The molecule has 0 aliphatic carbocycles. The molecule has 1 nitrogen and oxygen atoms in total. The minimum absolute atomic E-state index is 0.0987. The lowest BCUT2D eigenvalue weighted by atomic mass is 10.1. The van der Waals surface area contributed by atoms with Gasteiger partial charge in [0.05, 0.1) is 10.7 Å². The topological polar surface area (TPSA) is 12.0 Å². The second kappa shape index (κ2) is 4.80. The van der Waals surface area contributed by atoms with E-state index in [1.54, 1.807) is 0 Å². The van der Waals surface area contributed by atoms with Crippen molar-refractivity contribution < 1.29 is 8.78 Å². The Labute approximate surface area is 103 Å². The summed E-state index contributed by atoms with van der Waals surface area (Å²) >= 11 is 7.65. The van der Waals surface area contributed by atoms with E-state index < -0.39 is 11.6 Å². The van der Waals surface area contributed by atoms with E-state index in [9.17, 15) is 8.78 Å². The second-order valence-electron chi connectivity index (χ2n) is 3.86.